The summed E-state index contributed by atoms with van der Waals surface area (Å²) in [5.41, 5.74) is 1.56. The van der Waals surface area contributed by atoms with E-state index in [1.54, 1.807) is 0 Å². The lowest BCUT2D eigenvalue weighted by atomic mass is 10.1. The number of hydrogen-bond donors (Lipinski definition) is 2. The van der Waals surface area contributed by atoms with E-state index in [1.807, 2.05) is 30.5 Å². The van der Waals surface area contributed by atoms with Gasteiger partial charge in [-0.25, -0.2) is 13.2 Å². The molecule has 152 valence electrons. The highest BCUT2D eigenvalue weighted by Gasteiger charge is 2.21. The van der Waals surface area contributed by atoms with E-state index in [0.29, 0.717) is 18.9 Å². The van der Waals surface area contributed by atoms with E-state index in [0.717, 1.165) is 22.5 Å². The molecule has 1 aromatic heterocycles. The molecule has 0 bridgehead atoms. The SMILES string of the molecule is C[C@@H](OC(=O)CCCc1c[nH]c2ccccc12)C(=O)Nc1ccc(F)c(F)c1F. The number of ether oxygens (including phenoxy) is 1. The number of fused-ring (bicyclic) bond motifs is 1. The lowest BCUT2D eigenvalue weighted by Gasteiger charge is -2.14. The molecule has 1 heterocycles. The number of hydrogen-bond acceptors (Lipinski definition) is 3. The summed E-state index contributed by atoms with van der Waals surface area (Å²) in [5, 5.41) is 3.17. The quantitative estimate of drug-likeness (QED) is 0.451. The van der Waals surface area contributed by atoms with Gasteiger partial charge in [0.25, 0.3) is 5.91 Å². The van der Waals surface area contributed by atoms with E-state index < -0.39 is 41.1 Å². The number of halogens is 3. The molecule has 0 aliphatic heterocycles. The second kappa shape index (κ2) is 8.81. The van der Waals surface area contributed by atoms with Crippen molar-refractivity contribution in [3.05, 3.63) is 65.6 Å². The molecular formula is C21H19F3N2O3. The number of amides is 1. The van der Waals surface area contributed by atoms with Crippen LogP contribution < -0.4 is 5.32 Å². The number of anilines is 1. The largest absolute Gasteiger partial charge is 0.453 e. The van der Waals surface area contributed by atoms with Gasteiger partial charge in [0.05, 0.1) is 5.69 Å². The van der Waals surface area contributed by atoms with Crippen molar-refractivity contribution in [2.45, 2.75) is 32.3 Å². The zero-order valence-corrected chi connectivity index (χ0v) is 15.6. The maximum Gasteiger partial charge on any atom is 0.306 e. The van der Waals surface area contributed by atoms with Crippen LogP contribution in [-0.4, -0.2) is 23.0 Å². The first kappa shape index (κ1) is 20.4. The number of nitrogens with one attached hydrogen (secondary N) is 2. The highest BCUT2D eigenvalue weighted by Crippen LogP contribution is 2.21. The number of esters is 1. The van der Waals surface area contributed by atoms with Gasteiger partial charge >= 0.3 is 5.97 Å². The minimum absolute atomic E-state index is 0.0939. The lowest BCUT2D eigenvalue weighted by Crippen LogP contribution is -2.30. The number of aromatic nitrogens is 1. The van der Waals surface area contributed by atoms with Crippen LogP contribution in [0.15, 0.2) is 42.6 Å². The molecule has 1 atom stereocenters. The maximum atomic E-state index is 13.6. The number of H-pyrrole nitrogens is 1. The van der Waals surface area contributed by atoms with E-state index in [2.05, 4.69) is 10.3 Å². The first-order valence-electron chi connectivity index (χ1n) is 9.05. The molecular weight excluding hydrogens is 385 g/mol. The van der Waals surface area contributed by atoms with Gasteiger partial charge in [-0.15, -0.1) is 0 Å². The number of para-hydroxylation sites is 1. The van der Waals surface area contributed by atoms with E-state index in [4.69, 9.17) is 4.74 Å². The van der Waals surface area contributed by atoms with Crippen molar-refractivity contribution in [1.82, 2.24) is 4.98 Å². The maximum absolute atomic E-state index is 13.6. The van der Waals surface area contributed by atoms with Crippen molar-refractivity contribution >= 4 is 28.5 Å². The summed E-state index contributed by atoms with van der Waals surface area (Å²) in [6.07, 6.45) is 1.94. The molecule has 0 aliphatic rings. The standard InChI is InChI=1S/C21H19F3N2O3/c1-12(21(28)26-17-10-9-15(22)19(23)20(17)24)29-18(27)8-4-5-13-11-25-16-7-3-2-6-14(13)16/h2-3,6-7,9-12,25H,4-5,8H2,1H3,(H,26,28)/t12-/m1/s1. The number of aromatic amines is 1. The number of benzene rings is 2. The molecule has 0 saturated heterocycles. The Morgan fingerprint density at radius 1 is 1.10 bits per heavy atom. The Morgan fingerprint density at radius 3 is 2.66 bits per heavy atom. The van der Waals surface area contributed by atoms with Gasteiger partial charge < -0.3 is 15.0 Å². The van der Waals surface area contributed by atoms with Gasteiger partial charge in [0.15, 0.2) is 23.6 Å². The van der Waals surface area contributed by atoms with Crippen molar-refractivity contribution in [2.24, 2.45) is 0 Å². The third-order valence-electron chi connectivity index (χ3n) is 4.47. The van der Waals surface area contributed by atoms with Crippen molar-refractivity contribution in [3.63, 3.8) is 0 Å². The Bertz CT molecular complexity index is 1050. The highest BCUT2D eigenvalue weighted by atomic mass is 19.2. The molecule has 2 aromatic carbocycles. The molecule has 0 spiro atoms. The Hall–Kier alpha value is -3.29. The lowest BCUT2D eigenvalue weighted by molar-refractivity contribution is -0.153. The summed E-state index contributed by atoms with van der Waals surface area (Å²) in [7, 11) is 0. The Morgan fingerprint density at radius 2 is 1.86 bits per heavy atom. The molecule has 0 radical (unpaired) electrons. The van der Waals surface area contributed by atoms with Gasteiger partial charge in [-0.05, 0) is 43.5 Å². The van der Waals surface area contributed by atoms with E-state index in [9.17, 15) is 22.8 Å². The van der Waals surface area contributed by atoms with Crippen LogP contribution in [0, 0.1) is 17.5 Å². The van der Waals surface area contributed by atoms with Crippen LogP contribution in [0.1, 0.15) is 25.3 Å². The van der Waals surface area contributed by atoms with Gasteiger partial charge in [-0.2, -0.15) is 0 Å². The minimum Gasteiger partial charge on any atom is -0.453 e. The number of carbonyl (C=O) groups excluding carboxylic acids is 2. The summed E-state index contributed by atoms with van der Waals surface area (Å²) in [6, 6.07) is 9.39. The number of rotatable bonds is 7. The minimum atomic E-state index is -1.69. The van der Waals surface area contributed by atoms with Gasteiger partial charge in [0.2, 0.25) is 0 Å². The molecule has 8 heteroatoms. The Balaban J connectivity index is 1.48. The van der Waals surface area contributed by atoms with Crippen molar-refractivity contribution in [3.8, 4) is 0 Å². The molecule has 1 amide bonds. The summed E-state index contributed by atoms with van der Waals surface area (Å²) < 4.78 is 44.8. The molecule has 2 N–H and O–H groups in total. The van der Waals surface area contributed by atoms with Crippen LogP contribution in [0.2, 0.25) is 0 Å². The molecule has 3 rings (SSSR count). The fourth-order valence-corrected chi connectivity index (χ4v) is 2.93. The smallest absolute Gasteiger partial charge is 0.306 e. The second-order valence-corrected chi connectivity index (χ2v) is 6.56. The van der Waals surface area contributed by atoms with Gasteiger partial charge in [-0.1, -0.05) is 18.2 Å². The topological polar surface area (TPSA) is 71.2 Å². The monoisotopic (exact) mass is 404 g/mol. The summed E-state index contributed by atoms with van der Waals surface area (Å²) >= 11 is 0. The first-order chi connectivity index (χ1) is 13.9. The fourth-order valence-electron chi connectivity index (χ4n) is 2.93. The normalized spacial score (nSPS) is 12.0. The third-order valence-corrected chi connectivity index (χ3v) is 4.47. The summed E-state index contributed by atoms with van der Waals surface area (Å²) in [5.74, 6) is -6.01. The molecule has 5 nitrogen and oxygen atoms in total. The van der Waals surface area contributed by atoms with E-state index in [-0.39, 0.29) is 6.42 Å². The van der Waals surface area contributed by atoms with Crippen molar-refractivity contribution in [2.75, 3.05) is 5.32 Å². The molecule has 0 fully saturated rings. The van der Waals surface area contributed by atoms with Crippen LogP contribution in [0.5, 0.6) is 0 Å². The zero-order valence-electron chi connectivity index (χ0n) is 15.6. The molecule has 29 heavy (non-hydrogen) atoms. The zero-order chi connectivity index (χ0) is 21.0. The van der Waals surface area contributed by atoms with Crippen LogP contribution in [0.3, 0.4) is 0 Å². The fraction of sp³-hybridized carbons (Fsp3) is 0.238. The van der Waals surface area contributed by atoms with Gasteiger partial charge in [0, 0.05) is 23.5 Å². The number of aryl methyl sites for hydroxylation is 1. The number of carbonyl (C=O) groups is 2. The molecule has 3 aromatic rings. The van der Waals surface area contributed by atoms with E-state index in [1.165, 1.54) is 6.92 Å². The average Bonchev–Trinajstić information content (AvgIpc) is 3.11. The van der Waals surface area contributed by atoms with Crippen molar-refractivity contribution < 1.29 is 27.5 Å². The first-order valence-corrected chi connectivity index (χ1v) is 9.05. The van der Waals surface area contributed by atoms with Crippen LogP contribution in [0.4, 0.5) is 18.9 Å². The van der Waals surface area contributed by atoms with Gasteiger partial charge in [0.1, 0.15) is 0 Å². The van der Waals surface area contributed by atoms with Crippen molar-refractivity contribution in [1.29, 1.82) is 0 Å². The molecule has 0 aliphatic carbocycles. The van der Waals surface area contributed by atoms with Crippen LogP contribution >= 0.6 is 0 Å². The molecule has 0 unspecified atom stereocenters. The molecule has 0 saturated carbocycles. The van der Waals surface area contributed by atoms with Crippen LogP contribution in [-0.2, 0) is 20.7 Å². The summed E-state index contributed by atoms with van der Waals surface area (Å²) in [6.45, 7) is 1.31. The highest BCUT2D eigenvalue weighted by molar-refractivity contribution is 5.95. The van der Waals surface area contributed by atoms with Crippen LogP contribution in [0.25, 0.3) is 10.9 Å². The Labute approximate surface area is 164 Å². The van der Waals surface area contributed by atoms with E-state index >= 15 is 0 Å². The predicted octanol–water partition coefficient (Wildman–Crippen LogP) is 4.48. The summed E-state index contributed by atoms with van der Waals surface area (Å²) in [4.78, 5) is 27.2. The third kappa shape index (κ3) is 4.77. The average molecular weight is 404 g/mol. The second-order valence-electron chi connectivity index (χ2n) is 6.56. The Kier molecular flexibility index (Phi) is 6.21. The predicted molar refractivity (Wildman–Crippen MR) is 102 cm³/mol. The van der Waals surface area contributed by atoms with Gasteiger partial charge in [-0.3, -0.25) is 9.59 Å².